The van der Waals surface area contributed by atoms with E-state index in [2.05, 4.69) is 40.1 Å². The van der Waals surface area contributed by atoms with Gasteiger partial charge in [-0.15, -0.1) is 0 Å². The zero-order valence-electron chi connectivity index (χ0n) is 19.5. The Labute approximate surface area is 200 Å². The highest BCUT2D eigenvalue weighted by Gasteiger charge is 2.23. The van der Waals surface area contributed by atoms with Crippen LogP contribution in [0, 0.1) is 17.1 Å². The van der Waals surface area contributed by atoms with Crippen LogP contribution in [-0.4, -0.2) is 49.6 Å². The molecule has 1 unspecified atom stereocenters. The first-order valence-corrected chi connectivity index (χ1v) is 11.6. The Kier molecular flexibility index (Phi) is 8.13. The molecule has 1 atom stereocenters. The minimum atomic E-state index is -0.467. The molecule has 0 aromatic heterocycles. The Morgan fingerprint density at radius 3 is 2.32 bits per heavy atom. The Morgan fingerprint density at radius 1 is 0.912 bits per heavy atom. The fourth-order valence-electron chi connectivity index (χ4n) is 4.31. The van der Waals surface area contributed by atoms with Crippen LogP contribution in [0.25, 0.3) is 0 Å². The van der Waals surface area contributed by atoms with Gasteiger partial charge in [0.2, 0.25) is 0 Å². The SMILES string of the molecule is COc1cc(C#N)ccc1OC(CCN1CCN(Cc2ccccc2)CC1)c1ccccc1F. The third kappa shape index (κ3) is 6.13. The van der Waals surface area contributed by atoms with Crippen LogP contribution in [0.4, 0.5) is 4.39 Å². The van der Waals surface area contributed by atoms with Crippen LogP contribution in [0.15, 0.2) is 72.8 Å². The molecule has 1 aliphatic heterocycles. The smallest absolute Gasteiger partial charge is 0.162 e. The van der Waals surface area contributed by atoms with Crippen molar-refractivity contribution in [2.45, 2.75) is 19.1 Å². The van der Waals surface area contributed by atoms with Gasteiger partial charge in [0, 0.05) is 57.3 Å². The summed E-state index contributed by atoms with van der Waals surface area (Å²) < 4.78 is 26.4. The molecule has 0 amide bonds. The van der Waals surface area contributed by atoms with Crippen LogP contribution in [0.5, 0.6) is 11.5 Å². The number of methoxy groups -OCH3 is 1. The molecule has 0 spiro atoms. The summed E-state index contributed by atoms with van der Waals surface area (Å²) in [7, 11) is 1.54. The molecule has 1 heterocycles. The molecule has 1 fully saturated rings. The summed E-state index contributed by atoms with van der Waals surface area (Å²) in [5, 5.41) is 9.17. The molecule has 5 nitrogen and oxygen atoms in total. The maximum atomic E-state index is 14.7. The molecule has 0 aliphatic carbocycles. The third-order valence-electron chi connectivity index (χ3n) is 6.24. The first-order chi connectivity index (χ1) is 16.7. The van der Waals surface area contributed by atoms with Gasteiger partial charge in [0.05, 0.1) is 18.7 Å². The van der Waals surface area contributed by atoms with Crippen LogP contribution in [0.2, 0.25) is 0 Å². The summed E-state index contributed by atoms with van der Waals surface area (Å²) in [5.41, 5.74) is 2.34. The highest BCUT2D eigenvalue weighted by atomic mass is 19.1. The fraction of sp³-hybridized carbons (Fsp3) is 0.321. The van der Waals surface area contributed by atoms with Crippen LogP contribution in [0.1, 0.15) is 29.2 Å². The maximum absolute atomic E-state index is 14.7. The van der Waals surface area contributed by atoms with Gasteiger partial charge in [-0.2, -0.15) is 5.26 Å². The number of piperazine rings is 1. The van der Waals surface area contributed by atoms with E-state index in [9.17, 15) is 4.39 Å². The molecule has 0 bridgehead atoms. The lowest BCUT2D eigenvalue weighted by atomic mass is 10.0. The molecule has 176 valence electrons. The van der Waals surface area contributed by atoms with Crippen LogP contribution in [0.3, 0.4) is 0 Å². The monoisotopic (exact) mass is 459 g/mol. The van der Waals surface area contributed by atoms with Crippen molar-refractivity contribution < 1.29 is 13.9 Å². The average molecular weight is 460 g/mol. The van der Waals surface area contributed by atoms with Crippen molar-refractivity contribution in [1.29, 1.82) is 5.26 Å². The predicted molar refractivity (Wildman–Crippen MR) is 130 cm³/mol. The molecule has 0 N–H and O–H groups in total. The van der Waals surface area contributed by atoms with Crippen molar-refractivity contribution in [2.24, 2.45) is 0 Å². The van der Waals surface area contributed by atoms with Gasteiger partial charge < -0.3 is 14.4 Å². The first-order valence-electron chi connectivity index (χ1n) is 11.6. The van der Waals surface area contributed by atoms with Crippen molar-refractivity contribution in [1.82, 2.24) is 9.80 Å². The molecule has 6 heteroatoms. The molecule has 3 aromatic rings. The van der Waals surface area contributed by atoms with E-state index in [0.717, 1.165) is 39.3 Å². The minimum Gasteiger partial charge on any atom is -0.493 e. The van der Waals surface area contributed by atoms with E-state index in [0.29, 0.717) is 29.0 Å². The van der Waals surface area contributed by atoms with Gasteiger partial charge in [-0.3, -0.25) is 4.90 Å². The maximum Gasteiger partial charge on any atom is 0.162 e. The molecule has 4 rings (SSSR count). The van der Waals surface area contributed by atoms with Crippen molar-refractivity contribution in [3.05, 3.63) is 95.3 Å². The first kappa shape index (κ1) is 23.7. The molecular formula is C28H30FN3O2. The quantitative estimate of drug-likeness (QED) is 0.449. The largest absolute Gasteiger partial charge is 0.493 e. The number of hydrogen-bond acceptors (Lipinski definition) is 5. The standard InChI is InChI=1S/C28H30FN3O2/c1-33-28-19-23(20-30)11-12-27(28)34-26(24-9-5-6-10-25(24)29)13-14-31-15-17-32(18-16-31)21-22-7-3-2-4-8-22/h2-12,19,26H,13-18,21H2,1H3. The van der Waals surface area contributed by atoms with Crippen molar-refractivity contribution in [3.63, 3.8) is 0 Å². The predicted octanol–water partition coefficient (Wildman–Crippen LogP) is 5.03. The normalized spacial score (nSPS) is 15.4. The van der Waals surface area contributed by atoms with E-state index in [1.54, 1.807) is 30.3 Å². The summed E-state index contributed by atoms with van der Waals surface area (Å²) in [4.78, 5) is 4.88. The van der Waals surface area contributed by atoms with E-state index in [-0.39, 0.29) is 5.82 Å². The lowest BCUT2D eigenvalue weighted by Crippen LogP contribution is -2.46. The van der Waals surface area contributed by atoms with Gasteiger partial charge in [0.25, 0.3) is 0 Å². The van der Waals surface area contributed by atoms with Crippen LogP contribution >= 0.6 is 0 Å². The van der Waals surface area contributed by atoms with E-state index < -0.39 is 6.10 Å². The third-order valence-corrected chi connectivity index (χ3v) is 6.24. The molecule has 3 aromatic carbocycles. The lowest BCUT2D eigenvalue weighted by Gasteiger charge is -2.35. The summed E-state index contributed by atoms with van der Waals surface area (Å²) in [6, 6.07) is 24.4. The molecule has 0 radical (unpaired) electrons. The fourth-order valence-corrected chi connectivity index (χ4v) is 4.31. The molecule has 34 heavy (non-hydrogen) atoms. The second-order valence-corrected chi connectivity index (χ2v) is 8.50. The summed E-state index contributed by atoms with van der Waals surface area (Å²) in [5.74, 6) is 0.685. The summed E-state index contributed by atoms with van der Waals surface area (Å²) in [6.45, 7) is 5.71. The Hall–Kier alpha value is -3.40. The zero-order valence-corrected chi connectivity index (χ0v) is 19.5. The highest BCUT2D eigenvalue weighted by Crippen LogP contribution is 2.34. The second kappa shape index (κ2) is 11.6. The van der Waals surface area contributed by atoms with Gasteiger partial charge in [0.1, 0.15) is 11.9 Å². The average Bonchev–Trinajstić information content (AvgIpc) is 2.88. The van der Waals surface area contributed by atoms with E-state index >= 15 is 0 Å². The number of rotatable bonds is 9. The van der Waals surface area contributed by atoms with Gasteiger partial charge >= 0.3 is 0 Å². The zero-order chi connectivity index (χ0) is 23.8. The van der Waals surface area contributed by atoms with Gasteiger partial charge in [-0.05, 0) is 23.8 Å². The van der Waals surface area contributed by atoms with Crippen molar-refractivity contribution in [2.75, 3.05) is 39.8 Å². The number of hydrogen-bond donors (Lipinski definition) is 0. The Balaban J connectivity index is 1.40. The summed E-state index contributed by atoms with van der Waals surface area (Å²) in [6.07, 6.45) is 0.174. The molecule has 0 saturated carbocycles. The van der Waals surface area contributed by atoms with E-state index in [1.807, 2.05) is 12.1 Å². The number of halogens is 1. The lowest BCUT2D eigenvalue weighted by molar-refractivity contribution is 0.105. The van der Waals surface area contributed by atoms with Gasteiger partial charge in [-0.25, -0.2) is 4.39 Å². The van der Waals surface area contributed by atoms with E-state index in [1.165, 1.54) is 18.7 Å². The Bertz CT molecular complexity index is 1110. The van der Waals surface area contributed by atoms with E-state index in [4.69, 9.17) is 14.7 Å². The Morgan fingerprint density at radius 2 is 1.62 bits per heavy atom. The number of benzene rings is 3. The topological polar surface area (TPSA) is 48.7 Å². The van der Waals surface area contributed by atoms with Crippen LogP contribution < -0.4 is 9.47 Å². The van der Waals surface area contributed by atoms with Crippen molar-refractivity contribution >= 4 is 0 Å². The summed E-state index contributed by atoms with van der Waals surface area (Å²) >= 11 is 0. The van der Waals surface area contributed by atoms with Crippen molar-refractivity contribution in [3.8, 4) is 17.6 Å². The molecule has 1 aliphatic rings. The number of nitriles is 1. The van der Waals surface area contributed by atoms with Gasteiger partial charge in [0.15, 0.2) is 11.5 Å². The number of ether oxygens (including phenoxy) is 2. The van der Waals surface area contributed by atoms with Gasteiger partial charge in [-0.1, -0.05) is 48.5 Å². The van der Waals surface area contributed by atoms with Crippen LogP contribution in [-0.2, 0) is 6.54 Å². The minimum absolute atomic E-state index is 0.284. The highest BCUT2D eigenvalue weighted by molar-refractivity contribution is 5.47. The molecular weight excluding hydrogens is 429 g/mol. The number of nitrogens with zero attached hydrogens (tertiary/aromatic N) is 3. The second-order valence-electron chi connectivity index (χ2n) is 8.50. The molecule has 1 saturated heterocycles.